The molecule has 0 amide bonds. The fourth-order valence-corrected chi connectivity index (χ4v) is 2.68. The molecule has 1 N–H and O–H groups in total. The standard InChI is InChI=1S/C12H10F2N2S/c13-8-1-2-9(10(14)3-8)11-6-17-12(16-11)7-4-15-5-7/h1-3,6-7,15H,4-5H2. The maximum Gasteiger partial charge on any atom is 0.135 e. The topological polar surface area (TPSA) is 24.9 Å². The number of aromatic nitrogens is 1. The molecule has 1 fully saturated rings. The maximum absolute atomic E-state index is 13.6. The number of nitrogens with zero attached hydrogens (tertiary/aromatic N) is 1. The van der Waals surface area contributed by atoms with E-state index in [0.717, 1.165) is 24.2 Å². The molecule has 1 aliphatic rings. The zero-order valence-electron chi connectivity index (χ0n) is 8.91. The molecule has 0 saturated carbocycles. The Bertz CT molecular complexity index is 549. The van der Waals surface area contributed by atoms with Crippen LogP contribution in [0.3, 0.4) is 0 Å². The lowest BCUT2D eigenvalue weighted by Gasteiger charge is -2.24. The highest BCUT2D eigenvalue weighted by atomic mass is 32.1. The average molecular weight is 252 g/mol. The number of halogens is 2. The summed E-state index contributed by atoms with van der Waals surface area (Å²) < 4.78 is 26.3. The van der Waals surface area contributed by atoms with Crippen molar-refractivity contribution in [2.75, 3.05) is 13.1 Å². The largest absolute Gasteiger partial charge is 0.315 e. The van der Waals surface area contributed by atoms with E-state index in [9.17, 15) is 8.78 Å². The minimum absolute atomic E-state index is 0.362. The fourth-order valence-electron chi connectivity index (χ4n) is 1.76. The van der Waals surface area contributed by atoms with E-state index in [1.54, 1.807) is 0 Å². The molecule has 0 bridgehead atoms. The SMILES string of the molecule is Fc1ccc(-c2csc(C3CNC3)n2)c(F)c1. The summed E-state index contributed by atoms with van der Waals surface area (Å²) in [6.45, 7) is 1.86. The van der Waals surface area contributed by atoms with Gasteiger partial charge in [0.25, 0.3) is 0 Å². The number of benzene rings is 1. The Labute approximate surface area is 101 Å². The molecule has 0 radical (unpaired) electrons. The highest BCUT2D eigenvalue weighted by molar-refractivity contribution is 7.10. The molecule has 2 heterocycles. The van der Waals surface area contributed by atoms with Gasteiger partial charge in [0.05, 0.1) is 10.7 Å². The van der Waals surface area contributed by atoms with Gasteiger partial charge in [0.2, 0.25) is 0 Å². The van der Waals surface area contributed by atoms with E-state index in [1.165, 1.54) is 23.5 Å². The first-order valence-electron chi connectivity index (χ1n) is 5.35. The Kier molecular flexibility index (Phi) is 2.64. The maximum atomic E-state index is 13.6. The van der Waals surface area contributed by atoms with Crippen LogP contribution in [0.4, 0.5) is 8.78 Å². The van der Waals surface area contributed by atoms with Crippen molar-refractivity contribution < 1.29 is 8.78 Å². The molecular formula is C12H10F2N2S. The molecule has 2 nitrogen and oxygen atoms in total. The molecule has 5 heteroatoms. The van der Waals surface area contributed by atoms with Crippen molar-refractivity contribution in [3.8, 4) is 11.3 Å². The van der Waals surface area contributed by atoms with Crippen LogP contribution in [0.1, 0.15) is 10.9 Å². The van der Waals surface area contributed by atoms with E-state index in [4.69, 9.17) is 0 Å². The van der Waals surface area contributed by atoms with Gasteiger partial charge in [0.1, 0.15) is 11.6 Å². The normalized spacial score (nSPS) is 15.9. The molecule has 3 rings (SSSR count). The van der Waals surface area contributed by atoms with E-state index >= 15 is 0 Å². The van der Waals surface area contributed by atoms with E-state index in [0.29, 0.717) is 17.2 Å². The van der Waals surface area contributed by atoms with E-state index in [-0.39, 0.29) is 0 Å². The Morgan fingerprint density at radius 1 is 1.29 bits per heavy atom. The van der Waals surface area contributed by atoms with Crippen molar-refractivity contribution in [1.29, 1.82) is 0 Å². The van der Waals surface area contributed by atoms with Crippen LogP contribution in [-0.4, -0.2) is 18.1 Å². The van der Waals surface area contributed by atoms with Crippen molar-refractivity contribution in [1.82, 2.24) is 10.3 Å². The third-order valence-electron chi connectivity index (χ3n) is 2.86. The molecule has 0 spiro atoms. The second kappa shape index (κ2) is 4.16. The van der Waals surface area contributed by atoms with Gasteiger partial charge in [-0.2, -0.15) is 0 Å². The first-order chi connectivity index (χ1) is 8.24. The average Bonchev–Trinajstić information content (AvgIpc) is 2.64. The van der Waals surface area contributed by atoms with Gasteiger partial charge in [0, 0.05) is 36.0 Å². The number of hydrogen-bond donors (Lipinski definition) is 1. The summed E-state index contributed by atoms with van der Waals surface area (Å²) in [7, 11) is 0. The van der Waals surface area contributed by atoms with Gasteiger partial charge in [-0.05, 0) is 12.1 Å². The summed E-state index contributed by atoms with van der Waals surface area (Å²) in [6, 6.07) is 3.57. The van der Waals surface area contributed by atoms with E-state index < -0.39 is 11.6 Å². The second-order valence-electron chi connectivity index (χ2n) is 4.05. The predicted octanol–water partition coefficient (Wildman–Crippen LogP) is 2.78. The van der Waals surface area contributed by atoms with Crippen LogP contribution in [0.5, 0.6) is 0 Å². The smallest absolute Gasteiger partial charge is 0.135 e. The van der Waals surface area contributed by atoms with Crippen LogP contribution < -0.4 is 5.32 Å². The van der Waals surface area contributed by atoms with Gasteiger partial charge in [0.15, 0.2) is 0 Å². The molecule has 1 aromatic carbocycles. The van der Waals surface area contributed by atoms with Crippen LogP contribution in [0.2, 0.25) is 0 Å². The summed E-state index contributed by atoms with van der Waals surface area (Å²) >= 11 is 1.53. The van der Waals surface area contributed by atoms with Gasteiger partial charge in [-0.3, -0.25) is 0 Å². The van der Waals surface area contributed by atoms with Crippen molar-refractivity contribution in [2.24, 2.45) is 0 Å². The number of nitrogens with one attached hydrogen (secondary N) is 1. The summed E-state index contributed by atoms with van der Waals surface area (Å²) in [5.74, 6) is -0.685. The van der Waals surface area contributed by atoms with Crippen LogP contribution in [-0.2, 0) is 0 Å². The Balaban J connectivity index is 1.94. The zero-order chi connectivity index (χ0) is 11.8. The van der Waals surface area contributed by atoms with Gasteiger partial charge < -0.3 is 5.32 Å². The molecular weight excluding hydrogens is 242 g/mol. The van der Waals surface area contributed by atoms with Crippen molar-refractivity contribution in [3.05, 3.63) is 40.2 Å². The Morgan fingerprint density at radius 2 is 2.12 bits per heavy atom. The molecule has 0 unspecified atom stereocenters. The fraction of sp³-hybridized carbons (Fsp3) is 0.250. The lowest BCUT2D eigenvalue weighted by atomic mass is 10.1. The lowest BCUT2D eigenvalue weighted by Crippen LogP contribution is -2.39. The molecule has 0 atom stereocenters. The molecule has 17 heavy (non-hydrogen) atoms. The molecule has 1 aliphatic heterocycles. The molecule has 1 aromatic heterocycles. The van der Waals surface area contributed by atoms with Crippen molar-refractivity contribution in [2.45, 2.75) is 5.92 Å². The van der Waals surface area contributed by atoms with Crippen molar-refractivity contribution in [3.63, 3.8) is 0 Å². The summed E-state index contributed by atoms with van der Waals surface area (Å²) in [4.78, 5) is 4.41. The van der Waals surface area contributed by atoms with Gasteiger partial charge >= 0.3 is 0 Å². The summed E-state index contributed by atoms with van der Waals surface area (Å²) in [5.41, 5.74) is 0.954. The first-order valence-corrected chi connectivity index (χ1v) is 6.23. The number of hydrogen-bond acceptors (Lipinski definition) is 3. The van der Waals surface area contributed by atoms with Gasteiger partial charge in [-0.1, -0.05) is 0 Å². The zero-order valence-corrected chi connectivity index (χ0v) is 9.73. The van der Waals surface area contributed by atoms with Crippen molar-refractivity contribution >= 4 is 11.3 Å². The Hall–Kier alpha value is -1.33. The first kappa shape index (κ1) is 10.8. The van der Waals surface area contributed by atoms with Gasteiger partial charge in [-0.15, -0.1) is 11.3 Å². The second-order valence-corrected chi connectivity index (χ2v) is 4.94. The molecule has 2 aromatic rings. The minimum Gasteiger partial charge on any atom is -0.315 e. The molecule has 88 valence electrons. The summed E-state index contributed by atoms with van der Waals surface area (Å²) in [6.07, 6.45) is 0. The molecule has 0 aliphatic carbocycles. The van der Waals surface area contributed by atoms with Crippen LogP contribution in [0.15, 0.2) is 23.6 Å². The highest BCUT2D eigenvalue weighted by Gasteiger charge is 2.22. The molecule has 1 saturated heterocycles. The monoisotopic (exact) mass is 252 g/mol. The van der Waals surface area contributed by atoms with Crippen LogP contribution in [0, 0.1) is 11.6 Å². The third-order valence-corrected chi connectivity index (χ3v) is 3.87. The lowest BCUT2D eigenvalue weighted by molar-refractivity contribution is 0.447. The third kappa shape index (κ3) is 1.96. The van der Waals surface area contributed by atoms with E-state index in [1.807, 2.05) is 5.38 Å². The number of thiazole rings is 1. The van der Waals surface area contributed by atoms with Crippen LogP contribution in [0.25, 0.3) is 11.3 Å². The number of rotatable bonds is 2. The summed E-state index contributed by atoms with van der Waals surface area (Å²) in [5, 5.41) is 6.01. The predicted molar refractivity (Wildman–Crippen MR) is 63.1 cm³/mol. The highest BCUT2D eigenvalue weighted by Crippen LogP contribution is 2.29. The van der Waals surface area contributed by atoms with Crippen LogP contribution >= 0.6 is 11.3 Å². The van der Waals surface area contributed by atoms with Gasteiger partial charge in [-0.25, -0.2) is 13.8 Å². The van der Waals surface area contributed by atoms with E-state index in [2.05, 4.69) is 10.3 Å². The quantitative estimate of drug-likeness (QED) is 0.889. The minimum atomic E-state index is -0.565. The Morgan fingerprint density at radius 3 is 2.76 bits per heavy atom.